The summed E-state index contributed by atoms with van der Waals surface area (Å²) in [4.78, 5) is 36.6. The van der Waals surface area contributed by atoms with E-state index < -0.39 is 5.78 Å². The van der Waals surface area contributed by atoms with Crippen molar-refractivity contribution < 1.29 is 14.4 Å². The molecule has 0 aromatic rings. The fraction of sp³-hybridized carbons (Fsp3) is 0.526. The van der Waals surface area contributed by atoms with Gasteiger partial charge in [0.05, 0.1) is 0 Å². The van der Waals surface area contributed by atoms with E-state index in [1.54, 1.807) is 6.08 Å². The van der Waals surface area contributed by atoms with Crippen molar-refractivity contribution in [2.75, 3.05) is 0 Å². The average Bonchev–Trinajstić information content (AvgIpc) is 3.02. The van der Waals surface area contributed by atoms with E-state index in [0.29, 0.717) is 12.0 Å². The molecule has 3 heteroatoms. The molecule has 0 saturated heterocycles. The third-order valence-electron chi connectivity index (χ3n) is 6.82. The van der Waals surface area contributed by atoms with Gasteiger partial charge in [0, 0.05) is 16.6 Å². The van der Waals surface area contributed by atoms with Gasteiger partial charge in [0.15, 0.2) is 5.78 Å². The second-order valence-corrected chi connectivity index (χ2v) is 7.79. The standard InChI is InChI=1S/C19H20O3/c1-18(2)13-8-9-19(18,3)17(22)15(13)11-4-5-12-10(11)6-7-14(20)16(12)21/h6-7,13H,4-5,8-9H2,1-3H3. The van der Waals surface area contributed by atoms with Gasteiger partial charge in [-0.05, 0) is 54.2 Å². The molecule has 4 aliphatic carbocycles. The molecule has 0 aliphatic heterocycles. The highest BCUT2D eigenvalue weighted by Gasteiger charge is 2.64. The second kappa shape index (κ2) is 3.95. The van der Waals surface area contributed by atoms with E-state index in [1.165, 1.54) is 6.08 Å². The van der Waals surface area contributed by atoms with Crippen LogP contribution in [0.15, 0.2) is 34.4 Å². The van der Waals surface area contributed by atoms with Gasteiger partial charge in [-0.3, -0.25) is 14.4 Å². The highest BCUT2D eigenvalue weighted by atomic mass is 16.2. The summed E-state index contributed by atoms with van der Waals surface area (Å²) in [6.45, 7) is 6.50. The summed E-state index contributed by atoms with van der Waals surface area (Å²) in [5.41, 5.74) is 3.18. The molecule has 4 rings (SSSR count). The predicted molar refractivity (Wildman–Crippen MR) is 82.1 cm³/mol. The van der Waals surface area contributed by atoms with Gasteiger partial charge < -0.3 is 0 Å². The van der Waals surface area contributed by atoms with E-state index in [-0.39, 0.29) is 28.3 Å². The maximum absolute atomic E-state index is 13.1. The molecule has 0 radical (unpaired) electrons. The molecule has 0 aromatic heterocycles. The van der Waals surface area contributed by atoms with E-state index >= 15 is 0 Å². The number of rotatable bonds is 0. The van der Waals surface area contributed by atoms with Crippen LogP contribution in [0.3, 0.4) is 0 Å². The van der Waals surface area contributed by atoms with Gasteiger partial charge in [0.25, 0.3) is 0 Å². The molecule has 0 N–H and O–H groups in total. The Kier molecular flexibility index (Phi) is 2.49. The lowest BCUT2D eigenvalue weighted by Crippen LogP contribution is -2.32. The fourth-order valence-electron chi connectivity index (χ4n) is 5.02. The van der Waals surface area contributed by atoms with Crippen molar-refractivity contribution in [1.29, 1.82) is 0 Å². The minimum atomic E-state index is -0.434. The molecule has 114 valence electrons. The first-order valence-electron chi connectivity index (χ1n) is 8.07. The van der Waals surface area contributed by atoms with Gasteiger partial charge in [-0.2, -0.15) is 0 Å². The first-order chi connectivity index (χ1) is 10.3. The van der Waals surface area contributed by atoms with Crippen molar-refractivity contribution in [2.45, 2.75) is 46.5 Å². The third-order valence-corrected chi connectivity index (χ3v) is 6.82. The van der Waals surface area contributed by atoms with Crippen LogP contribution in [0.2, 0.25) is 0 Å². The molecule has 2 unspecified atom stereocenters. The quantitative estimate of drug-likeness (QED) is 0.392. The molecular formula is C19H20O3. The number of carbonyl (C=O) groups is 3. The summed E-state index contributed by atoms with van der Waals surface area (Å²) in [6, 6.07) is 0. The van der Waals surface area contributed by atoms with Crippen molar-refractivity contribution in [1.82, 2.24) is 0 Å². The molecule has 2 atom stereocenters. The first kappa shape index (κ1) is 13.9. The number of Topliss-reactive ketones (excluding diaryl/α,β-unsaturated/α-hetero) is 2. The van der Waals surface area contributed by atoms with Crippen molar-refractivity contribution >= 4 is 17.3 Å². The summed E-state index contributed by atoms with van der Waals surface area (Å²) in [6.07, 6.45) is 6.44. The molecule has 22 heavy (non-hydrogen) atoms. The molecule has 0 amide bonds. The molecular weight excluding hydrogens is 276 g/mol. The van der Waals surface area contributed by atoms with Gasteiger partial charge in [-0.25, -0.2) is 0 Å². The van der Waals surface area contributed by atoms with Crippen molar-refractivity contribution in [3.63, 3.8) is 0 Å². The Labute approximate surface area is 130 Å². The Morgan fingerprint density at radius 2 is 1.68 bits per heavy atom. The number of hydrogen-bond acceptors (Lipinski definition) is 3. The molecule has 2 fully saturated rings. The van der Waals surface area contributed by atoms with Gasteiger partial charge in [-0.15, -0.1) is 0 Å². The fourth-order valence-corrected chi connectivity index (χ4v) is 5.02. The van der Waals surface area contributed by atoms with E-state index in [0.717, 1.165) is 36.0 Å². The summed E-state index contributed by atoms with van der Waals surface area (Å²) in [5.74, 6) is -0.256. The summed E-state index contributed by atoms with van der Waals surface area (Å²) < 4.78 is 0. The minimum absolute atomic E-state index is 0.0199. The topological polar surface area (TPSA) is 51.2 Å². The number of fused-ring (bicyclic) bond motifs is 2. The van der Waals surface area contributed by atoms with E-state index in [9.17, 15) is 14.4 Å². The van der Waals surface area contributed by atoms with Gasteiger partial charge in [0.1, 0.15) is 0 Å². The second-order valence-electron chi connectivity index (χ2n) is 7.79. The monoisotopic (exact) mass is 296 g/mol. The maximum Gasteiger partial charge on any atom is 0.229 e. The maximum atomic E-state index is 13.1. The van der Waals surface area contributed by atoms with Crippen LogP contribution >= 0.6 is 0 Å². The molecule has 2 saturated carbocycles. The Morgan fingerprint density at radius 3 is 2.32 bits per heavy atom. The normalized spacial score (nSPS) is 39.2. The van der Waals surface area contributed by atoms with Crippen LogP contribution in [0.5, 0.6) is 0 Å². The zero-order valence-corrected chi connectivity index (χ0v) is 13.3. The minimum Gasteiger partial charge on any atom is -0.294 e. The molecule has 0 heterocycles. The Hall–Kier alpha value is -1.77. The van der Waals surface area contributed by atoms with Crippen molar-refractivity contribution in [2.24, 2.45) is 16.7 Å². The predicted octanol–water partition coefficient (Wildman–Crippen LogP) is 3.11. The van der Waals surface area contributed by atoms with Crippen LogP contribution in [-0.4, -0.2) is 17.3 Å². The third kappa shape index (κ3) is 1.35. The largest absolute Gasteiger partial charge is 0.294 e. The number of carbonyl (C=O) groups excluding carboxylic acids is 3. The Morgan fingerprint density at radius 1 is 1.00 bits per heavy atom. The zero-order valence-electron chi connectivity index (χ0n) is 13.3. The van der Waals surface area contributed by atoms with E-state index in [4.69, 9.17) is 0 Å². The van der Waals surface area contributed by atoms with E-state index in [1.807, 2.05) is 0 Å². The Balaban J connectivity index is 1.90. The summed E-state index contributed by atoms with van der Waals surface area (Å²) >= 11 is 0. The molecule has 4 aliphatic rings. The Bertz CT molecular complexity index is 745. The SMILES string of the molecule is CC12CCC(C(=C3CCC4=C3C=CC(=O)C4=O)C1=O)C2(C)C. The summed E-state index contributed by atoms with van der Waals surface area (Å²) in [7, 11) is 0. The zero-order chi connectivity index (χ0) is 15.9. The lowest BCUT2D eigenvalue weighted by atomic mass is 9.70. The van der Waals surface area contributed by atoms with E-state index in [2.05, 4.69) is 20.8 Å². The van der Waals surface area contributed by atoms with Crippen LogP contribution in [-0.2, 0) is 14.4 Å². The smallest absolute Gasteiger partial charge is 0.229 e. The molecule has 0 spiro atoms. The van der Waals surface area contributed by atoms with Crippen LogP contribution < -0.4 is 0 Å². The van der Waals surface area contributed by atoms with Crippen LogP contribution in [0.25, 0.3) is 0 Å². The molecule has 2 bridgehead atoms. The first-order valence-corrected chi connectivity index (χ1v) is 8.07. The molecule has 3 nitrogen and oxygen atoms in total. The summed E-state index contributed by atoms with van der Waals surface area (Å²) in [5, 5.41) is 0. The van der Waals surface area contributed by atoms with Crippen molar-refractivity contribution in [3.05, 3.63) is 34.4 Å². The number of hydrogen-bond donors (Lipinski definition) is 0. The van der Waals surface area contributed by atoms with Crippen LogP contribution in [0, 0.1) is 16.7 Å². The van der Waals surface area contributed by atoms with Crippen LogP contribution in [0.1, 0.15) is 46.5 Å². The lowest BCUT2D eigenvalue weighted by molar-refractivity contribution is -0.131. The van der Waals surface area contributed by atoms with Gasteiger partial charge in [-0.1, -0.05) is 26.8 Å². The molecule has 0 aromatic carbocycles. The van der Waals surface area contributed by atoms with Crippen molar-refractivity contribution in [3.8, 4) is 0 Å². The van der Waals surface area contributed by atoms with Crippen LogP contribution in [0.4, 0.5) is 0 Å². The highest BCUT2D eigenvalue weighted by Crippen LogP contribution is 2.66. The average molecular weight is 296 g/mol. The number of allylic oxidation sites excluding steroid dienone is 6. The highest BCUT2D eigenvalue weighted by molar-refractivity contribution is 6.48. The number of ketones is 3. The lowest BCUT2D eigenvalue weighted by Gasteiger charge is -2.31. The van der Waals surface area contributed by atoms with Gasteiger partial charge >= 0.3 is 0 Å². The van der Waals surface area contributed by atoms with Gasteiger partial charge in [0.2, 0.25) is 11.6 Å².